The summed E-state index contributed by atoms with van der Waals surface area (Å²) in [6.45, 7) is 0. The number of hydrogen-bond donors (Lipinski definition) is 0. The number of benzene rings is 2. The van der Waals surface area contributed by atoms with Gasteiger partial charge in [-0.25, -0.2) is 0 Å². The molecule has 0 aliphatic heterocycles. The summed E-state index contributed by atoms with van der Waals surface area (Å²) in [7, 11) is 1.49. The van der Waals surface area contributed by atoms with E-state index >= 15 is 0 Å². The van der Waals surface area contributed by atoms with Gasteiger partial charge in [0.25, 0.3) is 0 Å². The fourth-order valence-corrected chi connectivity index (χ4v) is 1.81. The van der Waals surface area contributed by atoms with Gasteiger partial charge in [0.2, 0.25) is 0 Å². The zero-order chi connectivity index (χ0) is 15.5. The van der Waals surface area contributed by atoms with Crippen molar-refractivity contribution < 1.29 is 22.6 Å². The third-order valence-electron chi connectivity index (χ3n) is 2.74. The highest BCUT2D eigenvalue weighted by Crippen LogP contribution is 2.35. The first-order chi connectivity index (χ1) is 9.93. The van der Waals surface area contributed by atoms with Crippen LogP contribution in [0.5, 0.6) is 11.5 Å². The molecular weight excluding hydrogens is 283 g/mol. The third kappa shape index (κ3) is 3.66. The van der Waals surface area contributed by atoms with Gasteiger partial charge >= 0.3 is 6.36 Å². The Morgan fingerprint density at radius 1 is 1.05 bits per heavy atom. The molecule has 0 saturated carbocycles. The number of methoxy groups -OCH3 is 1. The third-order valence-corrected chi connectivity index (χ3v) is 2.74. The molecule has 0 spiro atoms. The maximum absolute atomic E-state index is 12.5. The number of nitrogens with zero attached hydrogens (tertiary/aromatic N) is 1. The molecule has 0 N–H and O–H groups in total. The first-order valence-electron chi connectivity index (χ1n) is 5.87. The molecule has 0 aliphatic rings. The van der Waals surface area contributed by atoms with Gasteiger partial charge in [-0.15, -0.1) is 13.2 Å². The fourth-order valence-electron chi connectivity index (χ4n) is 1.81. The lowest BCUT2D eigenvalue weighted by Gasteiger charge is -2.14. The molecule has 0 aliphatic carbocycles. The first-order valence-corrected chi connectivity index (χ1v) is 5.87. The Hall–Kier alpha value is -2.68. The lowest BCUT2D eigenvalue weighted by Crippen LogP contribution is -2.17. The van der Waals surface area contributed by atoms with E-state index in [0.717, 1.165) is 6.07 Å². The molecule has 0 fully saturated rings. The second-order valence-corrected chi connectivity index (χ2v) is 4.10. The average Bonchev–Trinajstić information content (AvgIpc) is 2.45. The summed E-state index contributed by atoms with van der Waals surface area (Å²) >= 11 is 0. The zero-order valence-corrected chi connectivity index (χ0v) is 10.9. The fraction of sp³-hybridized carbons (Fsp3) is 0.133. The summed E-state index contributed by atoms with van der Waals surface area (Å²) in [5.74, 6) is 0.178. The van der Waals surface area contributed by atoms with Crippen molar-refractivity contribution in [2.75, 3.05) is 7.11 Å². The standard InChI is InChI=1S/C15H10F3NO2/c1-20-12-5-3-11(4-6-12)13-7-2-10(9-19)8-14(13)21-15(16,17)18/h2-8H,1H3. The van der Waals surface area contributed by atoms with Gasteiger partial charge in [-0.05, 0) is 35.9 Å². The summed E-state index contributed by atoms with van der Waals surface area (Å²) < 4.78 is 46.4. The monoisotopic (exact) mass is 293 g/mol. The van der Waals surface area contributed by atoms with Crippen LogP contribution in [-0.4, -0.2) is 13.5 Å². The maximum Gasteiger partial charge on any atom is 0.573 e. The van der Waals surface area contributed by atoms with Gasteiger partial charge in [0.1, 0.15) is 11.5 Å². The van der Waals surface area contributed by atoms with E-state index in [0.29, 0.717) is 11.3 Å². The van der Waals surface area contributed by atoms with Crippen molar-refractivity contribution in [1.82, 2.24) is 0 Å². The topological polar surface area (TPSA) is 42.2 Å². The summed E-state index contributed by atoms with van der Waals surface area (Å²) in [6, 6.07) is 12.2. The minimum Gasteiger partial charge on any atom is -0.497 e. The van der Waals surface area contributed by atoms with Gasteiger partial charge < -0.3 is 9.47 Å². The smallest absolute Gasteiger partial charge is 0.497 e. The SMILES string of the molecule is COc1ccc(-c2ccc(C#N)cc2OC(F)(F)F)cc1. The van der Waals surface area contributed by atoms with Crippen LogP contribution >= 0.6 is 0 Å². The average molecular weight is 293 g/mol. The van der Waals surface area contributed by atoms with Crippen molar-refractivity contribution >= 4 is 0 Å². The highest BCUT2D eigenvalue weighted by Gasteiger charge is 2.32. The Balaban J connectivity index is 2.48. The molecule has 0 amide bonds. The summed E-state index contributed by atoms with van der Waals surface area (Å²) in [4.78, 5) is 0. The Bertz CT molecular complexity index is 673. The van der Waals surface area contributed by atoms with Crippen molar-refractivity contribution in [3.63, 3.8) is 0 Å². The molecule has 0 bridgehead atoms. The number of halogens is 3. The number of ether oxygens (including phenoxy) is 2. The molecule has 108 valence electrons. The predicted molar refractivity (Wildman–Crippen MR) is 69.8 cm³/mol. The normalized spacial score (nSPS) is 10.8. The molecule has 2 rings (SSSR count). The summed E-state index contributed by atoms with van der Waals surface area (Å²) in [5.41, 5.74) is 0.861. The van der Waals surface area contributed by atoms with E-state index in [1.165, 1.54) is 19.2 Å². The molecule has 3 nitrogen and oxygen atoms in total. The van der Waals surface area contributed by atoms with Crippen molar-refractivity contribution in [3.05, 3.63) is 48.0 Å². The van der Waals surface area contributed by atoms with Gasteiger partial charge in [0.05, 0.1) is 18.7 Å². The van der Waals surface area contributed by atoms with E-state index in [9.17, 15) is 13.2 Å². The van der Waals surface area contributed by atoms with E-state index < -0.39 is 12.1 Å². The molecule has 0 saturated heterocycles. The highest BCUT2D eigenvalue weighted by molar-refractivity contribution is 5.72. The molecule has 2 aromatic rings. The van der Waals surface area contributed by atoms with Crippen LogP contribution in [0.3, 0.4) is 0 Å². The van der Waals surface area contributed by atoms with Gasteiger partial charge in [-0.3, -0.25) is 0 Å². The number of alkyl halides is 3. The first kappa shape index (κ1) is 14.7. The van der Waals surface area contributed by atoms with Crippen molar-refractivity contribution in [2.24, 2.45) is 0 Å². The largest absolute Gasteiger partial charge is 0.573 e. The van der Waals surface area contributed by atoms with E-state index in [-0.39, 0.29) is 11.1 Å². The molecule has 0 radical (unpaired) electrons. The minimum absolute atomic E-state index is 0.0894. The van der Waals surface area contributed by atoms with Crippen LogP contribution in [0.1, 0.15) is 5.56 Å². The molecule has 0 atom stereocenters. The van der Waals surface area contributed by atoms with E-state index in [1.807, 2.05) is 0 Å². The lowest BCUT2D eigenvalue weighted by atomic mass is 10.0. The second-order valence-electron chi connectivity index (χ2n) is 4.10. The molecule has 21 heavy (non-hydrogen) atoms. The number of nitriles is 1. The van der Waals surface area contributed by atoms with Crippen LogP contribution in [-0.2, 0) is 0 Å². The Morgan fingerprint density at radius 2 is 1.71 bits per heavy atom. The Labute approximate surface area is 119 Å². The summed E-state index contributed by atoms with van der Waals surface area (Å²) in [6.07, 6.45) is -4.82. The Kier molecular flexibility index (Phi) is 4.03. The molecule has 0 aromatic heterocycles. The van der Waals surface area contributed by atoms with Gasteiger partial charge in [0.15, 0.2) is 0 Å². The minimum atomic E-state index is -4.82. The quantitative estimate of drug-likeness (QED) is 0.854. The lowest BCUT2D eigenvalue weighted by molar-refractivity contribution is -0.274. The molecule has 0 unspecified atom stereocenters. The van der Waals surface area contributed by atoms with Crippen LogP contribution in [0.4, 0.5) is 13.2 Å². The van der Waals surface area contributed by atoms with Crippen LogP contribution in [0, 0.1) is 11.3 Å². The second kappa shape index (κ2) is 5.75. The number of rotatable bonds is 3. The van der Waals surface area contributed by atoms with Crippen LogP contribution in [0.2, 0.25) is 0 Å². The highest BCUT2D eigenvalue weighted by atomic mass is 19.4. The maximum atomic E-state index is 12.5. The van der Waals surface area contributed by atoms with Gasteiger partial charge in [-0.1, -0.05) is 12.1 Å². The van der Waals surface area contributed by atoms with Crippen LogP contribution < -0.4 is 9.47 Å². The van der Waals surface area contributed by atoms with E-state index in [4.69, 9.17) is 10.00 Å². The van der Waals surface area contributed by atoms with Crippen LogP contribution in [0.25, 0.3) is 11.1 Å². The number of hydrogen-bond acceptors (Lipinski definition) is 3. The zero-order valence-electron chi connectivity index (χ0n) is 10.9. The van der Waals surface area contributed by atoms with Crippen molar-refractivity contribution in [2.45, 2.75) is 6.36 Å². The van der Waals surface area contributed by atoms with E-state index in [2.05, 4.69) is 4.74 Å². The molecule has 6 heteroatoms. The summed E-state index contributed by atoms with van der Waals surface area (Å²) in [5, 5.41) is 8.79. The Morgan fingerprint density at radius 3 is 2.24 bits per heavy atom. The van der Waals surface area contributed by atoms with E-state index in [1.54, 1.807) is 30.3 Å². The van der Waals surface area contributed by atoms with Gasteiger partial charge in [-0.2, -0.15) is 5.26 Å². The molecular formula is C15H10F3NO2. The van der Waals surface area contributed by atoms with Crippen molar-refractivity contribution in [3.8, 4) is 28.7 Å². The van der Waals surface area contributed by atoms with Crippen LogP contribution in [0.15, 0.2) is 42.5 Å². The molecule has 2 aromatic carbocycles. The van der Waals surface area contributed by atoms with Gasteiger partial charge in [0, 0.05) is 5.56 Å². The molecule has 0 heterocycles. The van der Waals surface area contributed by atoms with Crippen molar-refractivity contribution in [1.29, 1.82) is 5.26 Å². The predicted octanol–water partition coefficient (Wildman–Crippen LogP) is 4.13.